The van der Waals surface area contributed by atoms with Crippen molar-refractivity contribution in [2.24, 2.45) is 5.92 Å². The molecule has 0 aliphatic carbocycles. The fraction of sp³-hybridized carbons (Fsp3) is 0.273. The van der Waals surface area contributed by atoms with Gasteiger partial charge in [-0.1, -0.05) is 25.1 Å². The summed E-state index contributed by atoms with van der Waals surface area (Å²) in [6, 6.07) is 14.6. The highest BCUT2D eigenvalue weighted by molar-refractivity contribution is 5.94. The van der Waals surface area contributed by atoms with Crippen LogP contribution in [-0.2, 0) is 19.1 Å². The van der Waals surface area contributed by atoms with Crippen LogP contribution < -0.4 is 15.5 Å². The molecule has 10 nitrogen and oxygen atoms in total. The van der Waals surface area contributed by atoms with Crippen LogP contribution in [0, 0.1) is 5.92 Å². The van der Waals surface area contributed by atoms with Gasteiger partial charge in [0, 0.05) is 11.5 Å². The van der Waals surface area contributed by atoms with E-state index in [4.69, 9.17) is 19.8 Å². The number of benzene rings is 2. The molecule has 2 atom stereocenters. The van der Waals surface area contributed by atoms with E-state index in [2.05, 4.69) is 5.32 Å². The second-order valence-electron chi connectivity index (χ2n) is 6.98. The van der Waals surface area contributed by atoms with Crippen LogP contribution in [0.15, 0.2) is 54.6 Å². The Balaban J connectivity index is 2.02. The third kappa shape index (κ3) is 8.07. The first-order chi connectivity index (χ1) is 15.3. The molecule has 0 aliphatic heterocycles. The van der Waals surface area contributed by atoms with Gasteiger partial charge in [0.25, 0.3) is 5.91 Å². The Morgan fingerprint density at radius 2 is 1.59 bits per heavy atom. The van der Waals surface area contributed by atoms with Crippen LogP contribution in [0.1, 0.15) is 30.1 Å². The van der Waals surface area contributed by atoms with Crippen molar-refractivity contribution in [3.05, 3.63) is 60.2 Å². The zero-order valence-corrected chi connectivity index (χ0v) is 17.3. The van der Waals surface area contributed by atoms with Crippen molar-refractivity contribution in [1.29, 1.82) is 0 Å². The van der Waals surface area contributed by atoms with Crippen molar-refractivity contribution in [3.8, 4) is 11.5 Å². The summed E-state index contributed by atoms with van der Waals surface area (Å²) in [5.74, 6) is -3.04. The van der Waals surface area contributed by atoms with Crippen molar-refractivity contribution < 1.29 is 39.0 Å². The molecular weight excluding hydrogens is 420 g/mol. The van der Waals surface area contributed by atoms with Crippen LogP contribution in [0.4, 0.5) is 0 Å². The van der Waals surface area contributed by atoms with Gasteiger partial charge in [-0.05, 0) is 42.8 Å². The molecule has 0 aromatic heterocycles. The fourth-order valence-electron chi connectivity index (χ4n) is 2.75. The maximum absolute atomic E-state index is 12.6. The number of hydrogen-bond acceptors (Lipinski definition) is 7. The van der Waals surface area contributed by atoms with Gasteiger partial charge in [-0.3, -0.25) is 24.4 Å². The summed E-state index contributed by atoms with van der Waals surface area (Å²) < 4.78 is 10.6. The second kappa shape index (κ2) is 12.1. The van der Waals surface area contributed by atoms with Crippen LogP contribution in [0.3, 0.4) is 0 Å². The van der Waals surface area contributed by atoms with E-state index in [0.717, 1.165) is 0 Å². The number of hydrogen-bond donors (Lipinski definition) is 4. The Morgan fingerprint density at radius 3 is 2.19 bits per heavy atom. The lowest BCUT2D eigenvalue weighted by Crippen LogP contribution is -2.42. The van der Waals surface area contributed by atoms with Crippen LogP contribution in [-0.4, -0.2) is 46.7 Å². The molecule has 2 amide bonds. The van der Waals surface area contributed by atoms with Gasteiger partial charge >= 0.3 is 11.9 Å². The Kier molecular flexibility index (Phi) is 9.18. The average Bonchev–Trinajstić information content (AvgIpc) is 2.77. The van der Waals surface area contributed by atoms with Crippen LogP contribution in [0.5, 0.6) is 11.5 Å². The molecule has 0 aliphatic rings. The smallest absolute Gasteiger partial charge is 0.317 e. The van der Waals surface area contributed by atoms with E-state index in [1.54, 1.807) is 36.4 Å². The van der Waals surface area contributed by atoms with E-state index in [9.17, 15) is 19.2 Å². The largest absolute Gasteiger partial charge is 0.481 e. The summed E-state index contributed by atoms with van der Waals surface area (Å²) in [6.07, 6.45) is -0.788. The number of amides is 2. The Labute approximate surface area is 184 Å². The van der Waals surface area contributed by atoms with Crippen LogP contribution in [0.2, 0.25) is 0 Å². The van der Waals surface area contributed by atoms with Gasteiger partial charge in [-0.25, -0.2) is 5.48 Å². The van der Waals surface area contributed by atoms with Gasteiger partial charge < -0.3 is 19.9 Å². The lowest BCUT2D eigenvalue weighted by Gasteiger charge is -2.21. The average molecular weight is 444 g/mol. The predicted octanol–water partition coefficient (Wildman–Crippen LogP) is 2.13. The molecule has 2 aromatic carbocycles. The SMILES string of the molecule is C[C@@H](C[C@@H](COC(=O)CC(=O)O)NC(=O)c1ccc(Oc2ccccc2)cc1)C(=O)NO. The summed E-state index contributed by atoms with van der Waals surface area (Å²) in [6.45, 7) is 1.18. The van der Waals surface area contributed by atoms with Gasteiger partial charge in [0.2, 0.25) is 5.91 Å². The molecule has 2 aromatic rings. The van der Waals surface area contributed by atoms with E-state index in [0.29, 0.717) is 17.1 Å². The van der Waals surface area contributed by atoms with E-state index >= 15 is 0 Å². The summed E-state index contributed by atoms with van der Waals surface area (Å²) in [5.41, 5.74) is 1.82. The number of aliphatic carboxylic acids is 1. The molecule has 4 N–H and O–H groups in total. The molecule has 2 rings (SSSR count). The zero-order valence-electron chi connectivity index (χ0n) is 17.3. The molecule has 0 bridgehead atoms. The summed E-state index contributed by atoms with van der Waals surface area (Å²) in [4.78, 5) is 46.4. The lowest BCUT2D eigenvalue weighted by atomic mass is 10.0. The standard InChI is InChI=1S/C22H24N2O8/c1-14(21(28)24-30)11-16(13-31-20(27)12-19(25)26)23-22(29)15-7-9-18(10-8-15)32-17-5-3-2-4-6-17/h2-10,14,16,30H,11-13H2,1H3,(H,23,29)(H,24,28)(H,25,26)/t14-,16-/m0/s1. The predicted molar refractivity (Wildman–Crippen MR) is 111 cm³/mol. The van der Waals surface area contributed by atoms with Crippen LogP contribution >= 0.6 is 0 Å². The Bertz CT molecular complexity index is 931. The zero-order chi connectivity index (χ0) is 23.5. The third-order valence-electron chi connectivity index (χ3n) is 4.37. The highest BCUT2D eigenvalue weighted by Gasteiger charge is 2.23. The summed E-state index contributed by atoms with van der Waals surface area (Å²) in [7, 11) is 0. The van der Waals surface area contributed by atoms with E-state index in [1.807, 2.05) is 18.2 Å². The van der Waals surface area contributed by atoms with Crippen molar-refractivity contribution in [3.63, 3.8) is 0 Å². The molecule has 0 unspecified atom stereocenters. The summed E-state index contributed by atoms with van der Waals surface area (Å²) >= 11 is 0. The van der Waals surface area contributed by atoms with E-state index in [-0.39, 0.29) is 13.0 Å². The Morgan fingerprint density at radius 1 is 0.969 bits per heavy atom. The quantitative estimate of drug-likeness (QED) is 0.178. The fourth-order valence-corrected chi connectivity index (χ4v) is 2.75. The van der Waals surface area contributed by atoms with Gasteiger partial charge in [0.05, 0.1) is 6.04 Å². The number of rotatable bonds is 11. The number of carbonyl (C=O) groups excluding carboxylic acids is 3. The number of para-hydroxylation sites is 1. The molecule has 170 valence electrons. The maximum Gasteiger partial charge on any atom is 0.317 e. The first-order valence-electron chi connectivity index (χ1n) is 9.73. The normalized spacial score (nSPS) is 12.2. The van der Waals surface area contributed by atoms with Gasteiger partial charge in [0.1, 0.15) is 24.5 Å². The van der Waals surface area contributed by atoms with E-state index < -0.39 is 42.1 Å². The molecule has 0 heterocycles. The molecule has 32 heavy (non-hydrogen) atoms. The number of carboxylic acid groups (broad SMARTS) is 1. The highest BCUT2D eigenvalue weighted by Crippen LogP contribution is 2.21. The third-order valence-corrected chi connectivity index (χ3v) is 4.37. The molecule has 10 heteroatoms. The van der Waals surface area contributed by atoms with Gasteiger partial charge in [-0.2, -0.15) is 0 Å². The maximum atomic E-state index is 12.6. The summed E-state index contributed by atoms with van der Waals surface area (Å²) in [5, 5.41) is 20.1. The first-order valence-corrected chi connectivity index (χ1v) is 9.73. The molecule has 0 spiro atoms. The number of nitrogens with one attached hydrogen (secondary N) is 2. The number of carbonyl (C=O) groups is 4. The molecule has 0 saturated heterocycles. The van der Waals surface area contributed by atoms with Crippen molar-refractivity contribution in [2.75, 3.05) is 6.61 Å². The number of carboxylic acids is 1. The monoisotopic (exact) mass is 444 g/mol. The molecule has 0 fully saturated rings. The van der Waals surface area contributed by atoms with Crippen molar-refractivity contribution in [2.45, 2.75) is 25.8 Å². The number of ether oxygens (including phenoxy) is 2. The van der Waals surface area contributed by atoms with Gasteiger partial charge in [0.15, 0.2) is 0 Å². The topological polar surface area (TPSA) is 151 Å². The van der Waals surface area contributed by atoms with Gasteiger partial charge in [-0.15, -0.1) is 0 Å². The molecule has 0 saturated carbocycles. The van der Waals surface area contributed by atoms with Crippen LogP contribution in [0.25, 0.3) is 0 Å². The minimum Gasteiger partial charge on any atom is -0.481 e. The minimum absolute atomic E-state index is 0.0354. The molecule has 0 radical (unpaired) electrons. The lowest BCUT2D eigenvalue weighted by molar-refractivity contribution is -0.151. The van der Waals surface area contributed by atoms with E-state index in [1.165, 1.54) is 12.4 Å². The minimum atomic E-state index is -1.35. The first kappa shape index (κ1) is 24.4. The van der Waals surface area contributed by atoms with Crippen molar-refractivity contribution in [1.82, 2.24) is 10.8 Å². The number of esters is 1. The number of hydroxylamine groups is 1. The molecular formula is C22H24N2O8. The van der Waals surface area contributed by atoms with Crippen molar-refractivity contribution >= 4 is 23.8 Å². The Hall–Kier alpha value is -3.92. The second-order valence-corrected chi connectivity index (χ2v) is 6.98. The highest BCUT2D eigenvalue weighted by atomic mass is 16.5.